The second kappa shape index (κ2) is 9.09. The predicted octanol–water partition coefficient (Wildman–Crippen LogP) is 3.44. The number of hydrogen-bond donors (Lipinski definition) is 3. The van der Waals surface area contributed by atoms with Crippen molar-refractivity contribution in [1.29, 1.82) is 0 Å². The second-order valence-electron chi connectivity index (χ2n) is 9.46. The zero-order chi connectivity index (χ0) is 23.7. The number of anilines is 2. The third kappa shape index (κ3) is 4.49. The number of aromatic amines is 1. The number of nitrogens with two attached hydrogens (primary N) is 1. The summed E-state index contributed by atoms with van der Waals surface area (Å²) < 4.78 is 5.13. The van der Waals surface area contributed by atoms with Crippen LogP contribution in [0.3, 0.4) is 0 Å². The van der Waals surface area contributed by atoms with Crippen LogP contribution < -0.4 is 11.1 Å². The number of amides is 1. The molecule has 176 valence electrons. The fourth-order valence-corrected chi connectivity index (χ4v) is 4.46. The first-order valence-corrected chi connectivity index (χ1v) is 11.8. The van der Waals surface area contributed by atoms with Gasteiger partial charge in [-0.05, 0) is 56.5 Å². The zero-order valence-electron chi connectivity index (χ0n) is 19.7. The molecule has 0 radical (unpaired) electrons. The summed E-state index contributed by atoms with van der Waals surface area (Å²) in [4.78, 5) is 27.5. The summed E-state index contributed by atoms with van der Waals surface area (Å²) >= 11 is 0. The lowest BCUT2D eigenvalue weighted by Crippen LogP contribution is -2.19. The molecule has 2 aromatic heterocycles. The van der Waals surface area contributed by atoms with Crippen LogP contribution in [-0.2, 0) is 16.8 Å². The molecule has 34 heavy (non-hydrogen) atoms. The number of aromatic nitrogens is 3. The molecule has 1 saturated carbocycles. The van der Waals surface area contributed by atoms with Crippen molar-refractivity contribution in [2.24, 2.45) is 0 Å². The Morgan fingerprint density at radius 2 is 1.97 bits per heavy atom. The molecule has 1 aromatic carbocycles. The summed E-state index contributed by atoms with van der Waals surface area (Å²) in [7, 11) is 1.65. The molecule has 1 amide bonds. The summed E-state index contributed by atoms with van der Waals surface area (Å²) in [6, 6.07) is 7.45. The van der Waals surface area contributed by atoms with Crippen LogP contribution in [0, 0.1) is 11.8 Å². The van der Waals surface area contributed by atoms with Crippen molar-refractivity contribution >= 4 is 28.4 Å². The maximum Gasteiger partial charge on any atom is 0.293 e. The van der Waals surface area contributed by atoms with Crippen molar-refractivity contribution < 1.29 is 9.53 Å². The molecule has 5 rings (SSSR count). The fourth-order valence-electron chi connectivity index (χ4n) is 4.46. The van der Waals surface area contributed by atoms with E-state index in [2.05, 4.69) is 43.9 Å². The molecule has 8 nitrogen and oxygen atoms in total. The van der Waals surface area contributed by atoms with Crippen LogP contribution in [0.15, 0.2) is 24.3 Å². The Hall–Kier alpha value is -3.41. The van der Waals surface area contributed by atoms with Crippen molar-refractivity contribution in [3.05, 3.63) is 46.9 Å². The summed E-state index contributed by atoms with van der Waals surface area (Å²) in [6.45, 7) is 5.68. The lowest BCUT2D eigenvalue weighted by Gasteiger charge is -2.09. The fraction of sp³-hybridized carbons (Fsp3) is 0.423. The number of carbonyl (C=O) groups is 1. The predicted molar refractivity (Wildman–Crippen MR) is 133 cm³/mol. The largest absolute Gasteiger partial charge is 0.383 e. The Labute approximate surface area is 199 Å². The number of likely N-dealkylation sites (tertiary alicyclic amines) is 1. The number of rotatable bonds is 6. The number of carbonyl (C=O) groups excluding carboxylic acids is 1. The highest BCUT2D eigenvalue weighted by atomic mass is 16.5. The Kier molecular flexibility index (Phi) is 5.98. The number of nitrogens with one attached hydrogen (secondary N) is 2. The van der Waals surface area contributed by atoms with Crippen molar-refractivity contribution in [2.45, 2.75) is 44.6 Å². The van der Waals surface area contributed by atoms with Crippen LogP contribution in [0.25, 0.3) is 11.0 Å². The van der Waals surface area contributed by atoms with E-state index in [1.165, 1.54) is 12.8 Å². The molecule has 0 unspecified atom stereocenters. The number of benzene rings is 1. The van der Waals surface area contributed by atoms with Crippen molar-refractivity contribution in [1.82, 2.24) is 19.9 Å². The lowest BCUT2D eigenvalue weighted by atomic mass is 10.00. The molecular formula is C26H30N6O2. The van der Waals surface area contributed by atoms with E-state index < -0.39 is 5.91 Å². The SMILES string of the molecule is COCc1ccc(NC(=O)c2nc(N)c3c(C#CCN4CCCC4)c(C4(C)CC4)[nH]c3n2)cc1. The number of nitrogen functional groups attached to an aromatic ring is 1. The molecule has 2 fully saturated rings. The molecule has 4 N–H and O–H groups in total. The van der Waals surface area contributed by atoms with E-state index >= 15 is 0 Å². The molecule has 3 heterocycles. The minimum absolute atomic E-state index is 0.0243. The van der Waals surface area contributed by atoms with Gasteiger partial charge in [0.15, 0.2) is 0 Å². The van der Waals surface area contributed by atoms with Crippen molar-refractivity contribution in [3.8, 4) is 11.8 Å². The van der Waals surface area contributed by atoms with Gasteiger partial charge in [0.25, 0.3) is 5.91 Å². The van der Waals surface area contributed by atoms with Crippen LogP contribution in [0.4, 0.5) is 11.5 Å². The topological polar surface area (TPSA) is 109 Å². The minimum Gasteiger partial charge on any atom is -0.383 e. The number of H-pyrrole nitrogens is 1. The van der Waals surface area contributed by atoms with Gasteiger partial charge < -0.3 is 20.8 Å². The Balaban J connectivity index is 1.44. The third-order valence-electron chi connectivity index (χ3n) is 6.72. The van der Waals surface area contributed by atoms with Gasteiger partial charge in [-0.2, -0.15) is 0 Å². The molecular weight excluding hydrogens is 428 g/mol. The lowest BCUT2D eigenvalue weighted by molar-refractivity contribution is 0.101. The van der Waals surface area contributed by atoms with Gasteiger partial charge in [0.2, 0.25) is 5.82 Å². The van der Waals surface area contributed by atoms with E-state index in [9.17, 15) is 4.79 Å². The maximum atomic E-state index is 12.9. The number of nitrogens with zero attached hydrogens (tertiary/aromatic N) is 3. The number of fused-ring (bicyclic) bond motifs is 1. The first kappa shape index (κ1) is 22.4. The average molecular weight is 459 g/mol. The van der Waals surface area contributed by atoms with Gasteiger partial charge in [0.05, 0.1) is 24.1 Å². The minimum atomic E-state index is -0.413. The number of ether oxygens (including phenoxy) is 1. The summed E-state index contributed by atoms with van der Waals surface area (Å²) in [5, 5.41) is 3.55. The molecule has 8 heteroatoms. The molecule has 0 bridgehead atoms. The average Bonchev–Trinajstić information content (AvgIpc) is 3.21. The third-order valence-corrected chi connectivity index (χ3v) is 6.72. The molecule has 0 spiro atoms. The normalized spacial score (nSPS) is 16.9. The maximum absolute atomic E-state index is 12.9. The van der Waals surface area contributed by atoms with Gasteiger partial charge in [-0.15, -0.1) is 0 Å². The van der Waals surface area contributed by atoms with Crippen LogP contribution in [0.5, 0.6) is 0 Å². The van der Waals surface area contributed by atoms with Crippen molar-refractivity contribution in [3.63, 3.8) is 0 Å². The molecule has 1 aliphatic heterocycles. The highest BCUT2D eigenvalue weighted by molar-refractivity contribution is 6.04. The van der Waals surface area contributed by atoms with E-state index in [1.807, 2.05) is 24.3 Å². The van der Waals surface area contributed by atoms with Crippen LogP contribution in [0.1, 0.15) is 60.0 Å². The van der Waals surface area contributed by atoms with E-state index in [4.69, 9.17) is 10.5 Å². The molecule has 3 aromatic rings. The second-order valence-corrected chi connectivity index (χ2v) is 9.46. The monoisotopic (exact) mass is 458 g/mol. The Morgan fingerprint density at radius 1 is 1.24 bits per heavy atom. The van der Waals surface area contributed by atoms with Crippen LogP contribution >= 0.6 is 0 Å². The highest BCUT2D eigenvalue weighted by Gasteiger charge is 2.43. The van der Waals surface area contributed by atoms with E-state index in [0.717, 1.165) is 49.3 Å². The number of hydrogen-bond acceptors (Lipinski definition) is 6. The van der Waals surface area contributed by atoms with Gasteiger partial charge >= 0.3 is 0 Å². The number of methoxy groups -OCH3 is 1. The van der Waals surface area contributed by atoms with Gasteiger partial charge in [-0.25, -0.2) is 9.97 Å². The Bertz CT molecular complexity index is 1270. The molecule has 0 atom stereocenters. The van der Waals surface area contributed by atoms with Crippen molar-refractivity contribution in [2.75, 3.05) is 37.8 Å². The van der Waals surface area contributed by atoms with E-state index in [-0.39, 0.29) is 17.1 Å². The van der Waals surface area contributed by atoms with Gasteiger partial charge in [-0.1, -0.05) is 30.9 Å². The van der Waals surface area contributed by atoms with E-state index in [1.54, 1.807) is 7.11 Å². The molecule has 1 saturated heterocycles. The van der Waals surface area contributed by atoms with Crippen LogP contribution in [-0.4, -0.2) is 52.5 Å². The standard InChI is InChI=1S/C26H30N6O2/c1-26(11-12-26)21-19(6-5-15-32-13-3-4-14-32)20-22(27)30-24(31-23(20)29-21)25(33)28-18-9-7-17(8-10-18)16-34-2/h7-10H,3-4,11-16H2,1-2H3,(H,28,33)(H3,27,29,30,31). The summed E-state index contributed by atoms with van der Waals surface area (Å²) in [5.74, 6) is 6.57. The van der Waals surface area contributed by atoms with Gasteiger partial charge in [0, 0.05) is 23.9 Å². The van der Waals surface area contributed by atoms with Gasteiger partial charge in [-0.3, -0.25) is 9.69 Å². The smallest absolute Gasteiger partial charge is 0.293 e. The Morgan fingerprint density at radius 3 is 2.65 bits per heavy atom. The van der Waals surface area contributed by atoms with E-state index in [0.29, 0.717) is 23.3 Å². The highest BCUT2D eigenvalue weighted by Crippen LogP contribution is 2.49. The summed E-state index contributed by atoms with van der Waals surface area (Å²) in [6.07, 6.45) is 4.64. The summed E-state index contributed by atoms with van der Waals surface area (Å²) in [5.41, 5.74) is 10.6. The molecule has 1 aliphatic carbocycles. The zero-order valence-corrected chi connectivity index (χ0v) is 19.7. The first-order valence-electron chi connectivity index (χ1n) is 11.8. The first-order chi connectivity index (χ1) is 16.5. The van der Waals surface area contributed by atoms with Gasteiger partial charge in [0.1, 0.15) is 11.5 Å². The quantitative estimate of drug-likeness (QED) is 0.488. The molecule has 2 aliphatic rings. The van der Waals surface area contributed by atoms with Crippen LogP contribution in [0.2, 0.25) is 0 Å².